The standard InChI is InChI=1S/C58H112O6/c1-4-7-10-13-16-18-20-22-24-26-28-29-30-31-33-34-36-38-40-42-45-48-51-57(60)63-54-55(53-62-56(59)50-47-44-15-12-9-6-3)64-58(61)52-49-46-43-41-39-37-35-32-27-25-23-21-19-17-14-11-8-5-2/h55H,4-54H2,1-3H3. The Morgan fingerprint density at radius 1 is 0.250 bits per heavy atom. The van der Waals surface area contributed by atoms with Crippen LogP contribution in [0.1, 0.15) is 335 Å². The molecule has 0 saturated heterocycles. The molecule has 6 nitrogen and oxygen atoms in total. The summed E-state index contributed by atoms with van der Waals surface area (Å²) in [6.07, 6.45) is 59.9. The fraction of sp³-hybridized carbons (Fsp3) is 0.948. The van der Waals surface area contributed by atoms with E-state index < -0.39 is 6.10 Å². The third kappa shape index (κ3) is 51.4. The summed E-state index contributed by atoms with van der Waals surface area (Å²) in [4.78, 5) is 37.9. The van der Waals surface area contributed by atoms with Crippen LogP contribution in [0, 0.1) is 0 Å². The van der Waals surface area contributed by atoms with Gasteiger partial charge in [0, 0.05) is 19.3 Å². The monoisotopic (exact) mass is 905 g/mol. The Hall–Kier alpha value is -1.59. The Labute approximate surface area is 399 Å². The summed E-state index contributed by atoms with van der Waals surface area (Å²) >= 11 is 0. The quantitative estimate of drug-likeness (QED) is 0.0344. The molecule has 6 heteroatoms. The molecule has 0 aromatic heterocycles. The highest BCUT2D eigenvalue weighted by molar-refractivity contribution is 5.71. The molecule has 0 spiro atoms. The van der Waals surface area contributed by atoms with Gasteiger partial charge in [0.1, 0.15) is 13.2 Å². The van der Waals surface area contributed by atoms with E-state index in [1.165, 1.54) is 238 Å². The number of ether oxygens (including phenoxy) is 3. The summed E-state index contributed by atoms with van der Waals surface area (Å²) in [5.41, 5.74) is 0. The molecule has 0 aliphatic heterocycles. The van der Waals surface area contributed by atoms with E-state index in [1.807, 2.05) is 0 Å². The lowest BCUT2D eigenvalue weighted by molar-refractivity contribution is -0.167. The van der Waals surface area contributed by atoms with Crippen LogP contribution in [0.3, 0.4) is 0 Å². The van der Waals surface area contributed by atoms with Gasteiger partial charge in [-0.25, -0.2) is 0 Å². The highest BCUT2D eigenvalue weighted by Gasteiger charge is 2.19. The van der Waals surface area contributed by atoms with Crippen LogP contribution in [-0.4, -0.2) is 37.2 Å². The van der Waals surface area contributed by atoms with Crippen molar-refractivity contribution < 1.29 is 28.6 Å². The summed E-state index contributed by atoms with van der Waals surface area (Å²) in [5, 5.41) is 0. The minimum atomic E-state index is -0.759. The molecule has 0 amide bonds. The second-order valence-corrected chi connectivity index (χ2v) is 19.9. The number of hydrogen-bond donors (Lipinski definition) is 0. The average Bonchev–Trinajstić information content (AvgIpc) is 3.29. The van der Waals surface area contributed by atoms with Gasteiger partial charge in [-0.1, -0.05) is 297 Å². The molecule has 1 atom stereocenters. The Bertz CT molecular complexity index is 951. The molecular formula is C58H112O6. The maximum absolute atomic E-state index is 12.8. The molecule has 0 fully saturated rings. The van der Waals surface area contributed by atoms with Gasteiger partial charge in [0.05, 0.1) is 0 Å². The SMILES string of the molecule is CCCCCCCCCCCCCCCCCCCCCCCCC(=O)OCC(COC(=O)CCCCCCCC)OC(=O)CCCCCCCCCCCCCCCCCCCC. The minimum absolute atomic E-state index is 0.0622. The fourth-order valence-corrected chi connectivity index (χ4v) is 8.98. The molecular weight excluding hydrogens is 793 g/mol. The smallest absolute Gasteiger partial charge is 0.306 e. The third-order valence-electron chi connectivity index (χ3n) is 13.4. The second kappa shape index (κ2) is 54.0. The van der Waals surface area contributed by atoms with E-state index >= 15 is 0 Å². The van der Waals surface area contributed by atoms with Crippen LogP contribution in [0.5, 0.6) is 0 Å². The number of unbranched alkanes of at least 4 members (excludes halogenated alkanes) is 43. The first kappa shape index (κ1) is 62.4. The zero-order valence-corrected chi connectivity index (χ0v) is 43.6. The van der Waals surface area contributed by atoms with E-state index in [0.29, 0.717) is 19.3 Å². The van der Waals surface area contributed by atoms with Crippen LogP contribution in [0.2, 0.25) is 0 Å². The Morgan fingerprint density at radius 3 is 0.625 bits per heavy atom. The molecule has 0 aliphatic rings. The van der Waals surface area contributed by atoms with E-state index in [2.05, 4.69) is 20.8 Å². The van der Waals surface area contributed by atoms with Crippen molar-refractivity contribution in [3.63, 3.8) is 0 Å². The summed E-state index contributed by atoms with van der Waals surface area (Å²) in [7, 11) is 0. The molecule has 0 aromatic rings. The molecule has 0 rings (SSSR count). The molecule has 1 unspecified atom stereocenters. The zero-order valence-electron chi connectivity index (χ0n) is 43.6. The maximum atomic E-state index is 12.8. The van der Waals surface area contributed by atoms with E-state index in [1.54, 1.807) is 0 Å². The largest absolute Gasteiger partial charge is 0.462 e. The number of carbonyl (C=O) groups excluding carboxylic acids is 3. The molecule has 0 radical (unpaired) electrons. The van der Waals surface area contributed by atoms with Crippen molar-refractivity contribution in [2.75, 3.05) is 13.2 Å². The molecule has 0 bridgehead atoms. The molecule has 64 heavy (non-hydrogen) atoms. The van der Waals surface area contributed by atoms with Crippen molar-refractivity contribution in [2.45, 2.75) is 341 Å². The number of carbonyl (C=O) groups is 3. The van der Waals surface area contributed by atoms with Crippen LogP contribution in [-0.2, 0) is 28.6 Å². The van der Waals surface area contributed by atoms with Crippen molar-refractivity contribution >= 4 is 17.9 Å². The minimum Gasteiger partial charge on any atom is -0.462 e. The second-order valence-electron chi connectivity index (χ2n) is 19.9. The highest BCUT2D eigenvalue weighted by atomic mass is 16.6. The van der Waals surface area contributed by atoms with Gasteiger partial charge in [-0.15, -0.1) is 0 Å². The zero-order chi connectivity index (χ0) is 46.5. The summed E-state index contributed by atoms with van der Waals surface area (Å²) in [6, 6.07) is 0. The summed E-state index contributed by atoms with van der Waals surface area (Å²) in [5.74, 6) is -0.846. The Balaban J connectivity index is 4.06. The van der Waals surface area contributed by atoms with Crippen molar-refractivity contribution in [3.8, 4) is 0 Å². The lowest BCUT2D eigenvalue weighted by atomic mass is 10.0. The number of hydrogen-bond acceptors (Lipinski definition) is 6. The molecule has 0 saturated carbocycles. The van der Waals surface area contributed by atoms with Gasteiger partial charge in [-0.3, -0.25) is 14.4 Å². The van der Waals surface area contributed by atoms with Gasteiger partial charge >= 0.3 is 17.9 Å². The highest BCUT2D eigenvalue weighted by Crippen LogP contribution is 2.18. The Morgan fingerprint density at radius 2 is 0.422 bits per heavy atom. The molecule has 0 aromatic carbocycles. The van der Waals surface area contributed by atoms with Crippen LogP contribution >= 0.6 is 0 Å². The van der Waals surface area contributed by atoms with Gasteiger partial charge < -0.3 is 14.2 Å². The van der Waals surface area contributed by atoms with Gasteiger partial charge in [0.15, 0.2) is 6.10 Å². The first-order valence-corrected chi connectivity index (χ1v) is 29.0. The molecule has 0 N–H and O–H groups in total. The van der Waals surface area contributed by atoms with E-state index in [0.717, 1.165) is 57.8 Å². The van der Waals surface area contributed by atoms with Crippen LogP contribution < -0.4 is 0 Å². The predicted molar refractivity (Wildman–Crippen MR) is 275 cm³/mol. The first-order valence-electron chi connectivity index (χ1n) is 29.0. The third-order valence-corrected chi connectivity index (χ3v) is 13.4. The first-order chi connectivity index (χ1) is 31.5. The van der Waals surface area contributed by atoms with E-state index in [4.69, 9.17) is 14.2 Å². The maximum Gasteiger partial charge on any atom is 0.306 e. The van der Waals surface area contributed by atoms with Crippen molar-refractivity contribution in [3.05, 3.63) is 0 Å². The van der Waals surface area contributed by atoms with Crippen molar-refractivity contribution in [1.82, 2.24) is 0 Å². The molecule has 380 valence electrons. The van der Waals surface area contributed by atoms with Gasteiger partial charge in [-0.2, -0.15) is 0 Å². The topological polar surface area (TPSA) is 78.9 Å². The molecule has 0 heterocycles. The summed E-state index contributed by atoms with van der Waals surface area (Å²) in [6.45, 7) is 6.65. The average molecular weight is 906 g/mol. The van der Waals surface area contributed by atoms with Crippen LogP contribution in [0.4, 0.5) is 0 Å². The van der Waals surface area contributed by atoms with Gasteiger partial charge in [0.25, 0.3) is 0 Å². The van der Waals surface area contributed by atoms with E-state index in [9.17, 15) is 14.4 Å². The number of rotatable bonds is 54. The number of esters is 3. The fourth-order valence-electron chi connectivity index (χ4n) is 8.98. The van der Waals surface area contributed by atoms with E-state index in [-0.39, 0.29) is 31.1 Å². The van der Waals surface area contributed by atoms with Gasteiger partial charge in [-0.05, 0) is 19.3 Å². The van der Waals surface area contributed by atoms with Crippen LogP contribution in [0.25, 0.3) is 0 Å². The predicted octanol–water partition coefficient (Wildman–Crippen LogP) is 19.2. The van der Waals surface area contributed by atoms with Gasteiger partial charge in [0.2, 0.25) is 0 Å². The lowest BCUT2D eigenvalue weighted by Gasteiger charge is -2.18. The lowest BCUT2D eigenvalue weighted by Crippen LogP contribution is -2.30. The normalized spacial score (nSPS) is 11.9. The van der Waals surface area contributed by atoms with Crippen molar-refractivity contribution in [1.29, 1.82) is 0 Å². The Kier molecular flexibility index (Phi) is 52.7. The summed E-state index contributed by atoms with van der Waals surface area (Å²) < 4.78 is 16.8. The molecule has 0 aliphatic carbocycles. The van der Waals surface area contributed by atoms with Crippen LogP contribution in [0.15, 0.2) is 0 Å². The van der Waals surface area contributed by atoms with Crippen molar-refractivity contribution in [2.24, 2.45) is 0 Å².